The highest BCUT2D eigenvalue weighted by molar-refractivity contribution is 7.81. The summed E-state index contributed by atoms with van der Waals surface area (Å²) in [6, 6.07) is 1.10. The number of nitrogens with one attached hydrogen (secondary N) is 1. The number of amides is 1. The van der Waals surface area contributed by atoms with E-state index in [0.29, 0.717) is 6.04 Å². The maximum Gasteiger partial charge on any atom is 0.232 e. The molecule has 15 heavy (non-hydrogen) atoms. The van der Waals surface area contributed by atoms with Crippen molar-refractivity contribution < 1.29 is 4.79 Å². The number of carbonyl (C=O) groups is 1. The lowest BCUT2D eigenvalue weighted by molar-refractivity contribution is -0.121. The van der Waals surface area contributed by atoms with Crippen LogP contribution >= 0.6 is 12.6 Å². The lowest BCUT2D eigenvalue weighted by atomic mass is 9.97. The minimum atomic E-state index is -0.188. The Hall–Kier alpha value is -0.220. The Balaban J connectivity index is 1.82. The molecule has 2 heterocycles. The molecule has 4 heteroatoms. The molecule has 0 aromatic rings. The van der Waals surface area contributed by atoms with Gasteiger partial charge in [0.15, 0.2) is 0 Å². The molecule has 86 valence electrons. The first kappa shape index (κ1) is 11.3. The lowest BCUT2D eigenvalue weighted by Crippen LogP contribution is -2.48. The van der Waals surface area contributed by atoms with Gasteiger partial charge in [-0.05, 0) is 39.2 Å². The van der Waals surface area contributed by atoms with Crippen molar-refractivity contribution in [3.63, 3.8) is 0 Å². The van der Waals surface area contributed by atoms with Gasteiger partial charge in [-0.3, -0.25) is 4.79 Å². The van der Waals surface area contributed by atoms with Crippen LogP contribution in [0.2, 0.25) is 0 Å². The number of rotatable bonds is 2. The summed E-state index contributed by atoms with van der Waals surface area (Å²) in [5.41, 5.74) is 0. The van der Waals surface area contributed by atoms with Gasteiger partial charge in [-0.2, -0.15) is 12.6 Å². The molecule has 2 fully saturated rings. The molecule has 2 rings (SSSR count). The second-order valence-electron chi connectivity index (χ2n) is 4.74. The van der Waals surface area contributed by atoms with E-state index in [1.54, 1.807) is 0 Å². The number of piperidine rings is 1. The van der Waals surface area contributed by atoms with E-state index in [9.17, 15) is 4.79 Å². The molecule has 3 atom stereocenters. The predicted octanol–water partition coefficient (Wildman–Crippen LogP) is 1.05. The van der Waals surface area contributed by atoms with Crippen LogP contribution in [0.25, 0.3) is 0 Å². The molecule has 2 aliphatic rings. The average Bonchev–Trinajstić information content (AvgIpc) is 2.64. The maximum atomic E-state index is 11.5. The van der Waals surface area contributed by atoms with E-state index in [2.05, 4.69) is 22.8 Å². The fraction of sp³-hybridized carbons (Fsp3) is 0.909. The third-order valence-corrected chi connectivity index (χ3v) is 3.78. The van der Waals surface area contributed by atoms with Crippen LogP contribution in [0.1, 0.15) is 32.6 Å². The van der Waals surface area contributed by atoms with Crippen LogP contribution in [0.5, 0.6) is 0 Å². The number of nitrogens with zero attached hydrogens (tertiary/aromatic N) is 1. The van der Waals surface area contributed by atoms with E-state index < -0.39 is 0 Å². The van der Waals surface area contributed by atoms with Gasteiger partial charge in [0.25, 0.3) is 0 Å². The van der Waals surface area contributed by atoms with Gasteiger partial charge in [-0.1, -0.05) is 0 Å². The highest BCUT2D eigenvalue weighted by Gasteiger charge is 2.32. The Morgan fingerprint density at radius 1 is 1.47 bits per heavy atom. The summed E-state index contributed by atoms with van der Waals surface area (Å²) >= 11 is 4.15. The second-order valence-corrected chi connectivity index (χ2v) is 5.51. The Bertz CT molecular complexity index is 245. The van der Waals surface area contributed by atoms with Crippen molar-refractivity contribution in [1.29, 1.82) is 0 Å². The molecule has 1 amide bonds. The summed E-state index contributed by atoms with van der Waals surface area (Å²) in [6.07, 6.45) is 4.87. The number of thiol groups is 1. The third kappa shape index (κ3) is 2.67. The van der Waals surface area contributed by atoms with Gasteiger partial charge in [0, 0.05) is 18.6 Å². The smallest absolute Gasteiger partial charge is 0.232 e. The molecule has 0 spiro atoms. The number of hydrogen-bond donors (Lipinski definition) is 2. The molecule has 0 aliphatic carbocycles. The van der Waals surface area contributed by atoms with Crippen molar-refractivity contribution >= 4 is 18.5 Å². The van der Waals surface area contributed by atoms with Crippen LogP contribution in [0.4, 0.5) is 0 Å². The SMILES string of the molecule is CC(S)C(=O)NC1CCN2CCCC2C1. The van der Waals surface area contributed by atoms with Crippen molar-refractivity contribution in [3.05, 3.63) is 0 Å². The van der Waals surface area contributed by atoms with Gasteiger partial charge in [-0.25, -0.2) is 0 Å². The monoisotopic (exact) mass is 228 g/mol. The Morgan fingerprint density at radius 2 is 2.27 bits per heavy atom. The quantitative estimate of drug-likeness (QED) is 0.692. The van der Waals surface area contributed by atoms with Crippen LogP contribution in [0.3, 0.4) is 0 Å². The van der Waals surface area contributed by atoms with Crippen molar-refractivity contribution in [3.8, 4) is 0 Å². The summed E-state index contributed by atoms with van der Waals surface area (Å²) < 4.78 is 0. The normalized spacial score (nSPS) is 33.5. The van der Waals surface area contributed by atoms with Crippen molar-refractivity contribution in [2.24, 2.45) is 0 Å². The molecule has 2 aliphatic heterocycles. The topological polar surface area (TPSA) is 32.3 Å². The van der Waals surface area contributed by atoms with Crippen molar-refractivity contribution in [2.45, 2.75) is 49.9 Å². The van der Waals surface area contributed by atoms with Gasteiger partial charge in [0.2, 0.25) is 5.91 Å². The van der Waals surface area contributed by atoms with Crippen LogP contribution in [0.15, 0.2) is 0 Å². The Labute approximate surface area is 97.0 Å². The molecule has 3 unspecified atom stereocenters. The Kier molecular flexibility index (Phi) is 3.57. The standard InChI is InChI=1S/C11H20N2OS/c1-8(15)11(14)12-9-4-6-13-5-2-3-10(13)7-9/h8-10,15H,2-7H2,1H3,(H,12,14). The highest BCUT2D eigenvalue weighted by atomic mass is 32.1. The average molecular weight is 228 g/mol. The maximum absolute atomic E-state index is 11.5. The molecule has 0 radical (unpaired) electrons. The molecular weight excluding hydrogens is 208 g/mol. The molecule has 3 nitrogen and oxygen atoms in total. The minimum absolute atomic E-state index is 0.0785. The fourth-order valence-electron chi connectivity index (χ4n) is 2.68. The Morgan fingerprint density at radius 3 is 3.00 bits per heavy atom. The minimum Gasteiger partial charge on any atom is -0.352 e. The summed E-state index contributed by atoms with van der Waals surface area (Å²) in [4.78, 5) is 14.1. The van der Waals surface area contributed by atoms with Gasteiger partial charge in [0.1, 0.15) is 0 Å². The number of carbonyl (C=O) groups excluding carboxylic acids is 1. The molecule has 2 saturated heterocycles. The van der Waals surface area contributed by atoms with Crippen LogP contribution in [-0.2, 0) is 4.79 Å². The zero-order chi connectivity index (χ0) is 10.8. The van der Waals surface area contributed by atoms with Gasteiger partial charge >= 0.3 is 0 Å². The summed E-state index contributed by atoms with van der Waals surface area (Å²) in [6.45, 7) is 4.23. The van der Waals surface area contributed by atoms with Crippen LogP contribution in [0, 0.1) is 0 Å². The van der Waals surface area contributed by atoms with E-state index >= 15 is 0 Å². The van der Waals surface area contributed by atoms with E-state index in [4.69, 9.17) is 0 Å². The van der Waals surface area contributed by atoms with Crippen molar-refractivity contribution in [2.75, 3.05) is 13.1 Å². The van der Waals surface area contributed by atoms with Crippen molar-refractivity contribution in [1.82, 2.24) is 10.2 Å². The fourth-order valence-corrected chi connectivity index (χ4v) is 2.75. The molecule has 0 saturated carbocycles. The van der Waals surface area contributed by atoms with Gasteiger partial charge < -0.3 is 10.2 Å². The second kappa shape index (κ2) is 4.74. The highest BCUT2D eigenvalue weighted by Crippen LogP contribution is 2.26. The van der Waals surface area contributed by atoms with Gasteiger partial charge in [-0.15, -0.1) is 0 Å². The first-order valence-electron chi connectivity index (χ1n) is 5.89. The molecular formula is C11H20N2OS. The largest absolute Gasteiger partial charge is 0.352 e. The zero-order valence-electron chi connectivity index (χ0n) is 9.28. The molecule has 1 N–H and O–H groups in total. The van der Waals surface area contributed by atoms with E-state index in [1.807, 2.05) is 6.92 Å². The first-order valence-corrected chi connectivity index (χ1v) is 6.41. The predicted molar refractivity (Wildman–Crippen MR) is 64.2 cm³/mol. The molecule has 0 aromatic heterocycles. The van der Waals surface area contributed by atoms with Gasteiger partial charge in [0.05, 0.1) is 5.25 Å². The third-order valence-electron chi connectivity index (χ3n) is 3.55. The lowest BCUT2D eigenvalue weighted by Gasteiger charge is -2.35. The summed E-state index contributed by atoms with van der Waals surface area (Å²) in [5, 5.41) is 2.90. The van der Waals surface area contributed by atoms with Crippen LogP contribution < -0.4 is 5.32 Å². The number of fused-ring (bicyclic) bond motifs is 1. The van der Waals surface area contributed by atoms with Crippen LogP contribution in [-0.4, -0.2) is 41.2 Å². The summed E-state index contributed by atoms with van der Waals surface area (Å²) in [7, 11) is 0. The zero-order valence-corrected chi connectivity index (χ0v) is 10.2. The van der Waals surface area contributed by atoms with E-state index in [-0.39, 0.29) is 11.2 Å². The van der Waals surface area contributed by atoms with E-state index in [0.717, 1.165) is 25.4 Å². The van der Waals surface area contributed by atoms with E-state index in [1.165, 1.54) is 19.4 Å². The summed E-state index contributed by atoms with van der Waals surface area (Å²) in [5.74, 6) is 0.0785. The molecule has 0 bridgehead atoms. The number of hydrogen-bond acceptors (Lipinski definition) is 3. The molecule has 0 aromatic carbocycles. The first-order chi connectivity index (χ1) is 7.16.